The summed E-state index contributed by atoms with van der Waals surface area (Å²) in [6.45, 7) is 0. The number of aromatic nitrogens is 2. The van der Waals surface area contributed by atoms with Gasteiger partial charge in [-0.2, -0.15) is 0 Å². The highest BCUT2D eigenvalue weighted by Crippen LogP contribution is 2.33. The molecule has 3 heteroatoms. The number of rotatable bonds is 2. The van der Waals surface area contributed by atoms with Crippen LogP contribution in [0.1, 0.15) is 0 Å². The molecule has 0 saturated carbocycles. The summed E-state index contributed by atoms with van der Waals surface area (Å²) in [4.78, 5) is 9.85. The van der Waals surface area contributed by atoms with Gasteiger partial charge in [-0.05, 0) is 34.5 Å². The van der Waals surface area contributed by atoms with Crippen LogP contribution in [0.4, 0.5) is 0 Å². The van der Waals surface area contributed by atoms with Crippen molar-refractivity contribution in [2.24, 2.45) is 0 Å². The average Bonchev–Trinajstić information content (AvgIpc) is 3.05. The van der Waals surface area contributed by atoms with Gasteiger partial charge in [-0.25, -0.2) is 4.98 Å². The zero-order valence-electron chi connectivity index (χ0n) is 11.2. The molecule has 0 fully saturated rings. The van der Waals surface area contributed by atoms with Crippen molar-refractivity contribution in [3.8, 4) is 21.0 Å². The molecule has 0 saturated heterocycles. The van der Waals surface area contributed by atoms with Crippen LogP contribution in [0.15, 0.2) is 73.2 Å². The van der Waals surface area contributed by atoms with E-state index in [1.165, 1.54) is 21.2 Å². The number of fused-ring (bicyclic) bond motifs is 1. The summed E-state index contributed by atoms with van der Waals surface area (Å²) in [5, 5.41) is 3.52. The van der Waals surface area contributed by atoms with Gasteiger partial charge >= 0.3 is 0 Å². The van der Waals surface area contributed by atoms with E-state index in [0.717, 1.165) is 10.6 Å². The first-order chi connectivity index (χ1) is 10.4. The van der Waals surface area contributed by atoms with Crippen molar-refractivity contribution in [1.82, 2.24) is 9.97 Å². The summed E-state index contributed by atoms with van der Waals surface area (Å²) >= 11 is 1.70. The van der Waals surface area contributed by atoms with Crippen LogP contribution in [0.2, 0.25) is 0 Å². The molecule has 100 valence electrons. The number of pyridine rings is 1. The normalized spacial score (nSPS) is 10.9. The maximum Gasteiger partial charge on any atom is 0.125 e. The van der Waals surface area contributed by atoms with E-state index in [9.17, 15) is 0 Å². The Hall–Kier alpha value is -2.52. The van der Waals surface area contributed by atoms with Gasteiger partial charge in [-0.1, -0.05) is 36.4 Å². The van der Waals surface area contributed by atoms with Crippen molar-refractivity contribution >= 4 is 22.1 Å². The summed E-state index contributed by atoms with van der Waals surface area (Å²) in [5.74, 6) is 0. The van der Waals surface area contributed by atoms with Crippen LogP contribution in [-0.2, 0) is 0 Å². The predicted octanol–water partition coefficient (Wildman–Crippen LogP) is 5.03. The highest BCUT2D eigenvalue weighted by molar-refractivity contribution is 7.18. The molecule has 4 rings (SSSR count). The molecule has 0 aliphatic heterocycles. The summed E-state index contributed by atoms with van der Waals surface area (Å²) in [6.07, 6.45) is 5.57. The highest BCUT2D eigenvalue weighted by Gasteiger charge is 2.07. The molecule has 0 atom stereocenters. The number of hydrogen-bond donors (Lipinski definition) is 0. The largest absolute Gasteiger partial charge is 0.264 e. The molecule has 2 nitrogen and oxygen atoms in total. The minimum atomic E-state index is 1.01. The van der Waals surface area contributed by atoms with E-state index < -0.39 is 0 Å². The van der Waals surface area contributed by atoms with Gasteiger partial charge in [0.15, 0.2) is 0 Å². The van der Waals surface area contributed by atoms with Gasteiger partial charge in [0.2, 0.25) is 0 Å². The molecule has 0 unspecified atom stereocenters. The first kappa shape index (κ1) is 12.2. The lowest BCUT2D eigenvalue weighted by molar-refractivity contribution is 1.31. The Morgan fingerprint density at radius 2 is 1.67 bits per heavy atom. The van der Waals surface area contributed by atoms with Crippen LogP contribution in [0, 0.1) is 0 Å². The van der Waals surface area contributed by atoms with Gasteiger partial charge in [-0.3, -0.25) is 4.98 Å². The van der Waals surface area contributed by atoms with E-state index in [2.05, 4.69) is 52.4 Å². The molecule has 2 heterocycles. The molecule has 0 aliphatic carbocycles. The van der Waals surface area contributed by atoms with Gasteiger partial charge in [0, 0.05) is 24.2 Å². The SMILES string of the molecule is c1cncc(-c2ncc(-c3ccc4ccccc4c3)s2)c1. The molecule has 4 aromatic rings. The number of hydrogen-bond acceptors (Lipinski definition) is 3. The van der Waals surface area contributed by atoms with E-state index in [1.54, 1.807) is 17.5 Å². The Bertz CT molecular complexity index is 897. The van der Waals surface area contributed by atoms with Gasteiger partial charge in [0.25, 0.3) is 0 Å². The molecule has 0 amide bonds. The molecule has 0 spiro atoms. The highest BCUT2D eigenvalue weighted by atomic mass is 32.1. The van der Waals surface area contributed by atoms with Crippen LogP contribution in [-0.4, -0.2) is 9.97 Å². The van der Waals surface area contributed by atoms with Gasteiger partial charge in [0.05, 0.1) is 4.88 Å². The fourth-order valence-electron chi connectivity index (χ4n) is 2.37. The Balaban J connectivity index is 1.77. The molecule has 0 radical (unpaired) electrons. The third-order valence-corrected chi connectivity index (χ3v) is 4.54. The van der Waals surface area contributed by atoms with E-state index in [4.69, 9.17) is 0 Å². The van der Waals surface area contributed by atoms with E-state index in [0.29, 0.717) is 0 Å². The second-order valence-corrected chi connectivity index (χ2v) is 5.86. The molecule has 0 bridgehead atoms. The maximum absolute atomic E-state index is 4.52. The Labute approximate surface area is 126 Å². The zero-order valence-corrected chi connectivity index (χ0v) is 12.0. The van der Waals surface area contributed by atoms with Crippen LogP contribution in [0.5, 0.6) is 0 Å². The fourth-order valence-corrected chi connectivity index (χ4v) is 3.28. The van der Waals surface area contributed by atoms with E-state index in [-0.39, 0.29) is 0 Å². The fraction of sp³-hybridized carbons (Fsp3) is 0. The monoisotopic (exact) mass is 288 g/mol. The van der Waals surface area contributed by atoms with Crippen molar-refractivity contribution in [2.75, 3.05) is 0 Å². The van der Waals surface area contributed by atoms with Crippen LogP contribution >= 0.6 is 11.3 Å². The van der Waals surface area contributed by atoms with E-state index in [1.807, 2.05) is 24.5 Å². The molecular weight excluding hydrogens is 276 g/mol. The standard InChI is InChI=1S/C18H12N2S/c1-2-5-14-10-15(8-7-13(14)4-1)17-12-20-18(21-17)16-6-3-9-19-11-16/h1-12H. The number of thiazole rings is 1. The molecule has 2 aromatic heterocycles. The van der Waals surface area contributed by atoms with E-state index >= 15 is 0 Å². The van der Waals surface area contributed by atoms with Crippen molar-refractivity contribution in [3.63, 3.8) is 0 Å². The Morgan fingerprint density at radius 3 is 2.52 bits per heavy atom. The average molecular weight is 288 g/mol. The lowest BCUT2D eigenvalue weighted by Crippen LogP contribution is -1.75. The second kappa shape index (κ2) is 5.11. The first-order valence-corrected chi connectivity index (χ1v) is 7.57. The first-order valence-electron chi connectivity index (χ1n) is 6.75. The van der Waals surface area contributed by atoms with Crippen LogP contribution in [0.25, 0.3) is 31.8 Å². The summed E-state index contributed by atoms with van der Waals surface area (Å²) in [7, 11) is 0. The molecule has 0 aliphatic rings. The maximum atomic E-state index is 4.52. The molecule has 2 aromatic carbocycles. The summed E-state index contributed by atoms with van der Waals surface area (Å²) < 4.78 is 0. The lowest BCUT2D eigenvalue weighted by atomic mass is 10.1. The smallest absolute Gasteiger partial charge is 0.125 e. The summed E-state index contributed by atoms with van der Waals surface area (Å²) in [5.41, 5.74) is 2.27. The third-order valence-electron chi connectivity index (χ3n) is 3.45. The third kappa shape index (κ3) is 2.32. The van der Waals surface area contributed by atoms with Crippen molar-refractivity contribution in [3.05, 3.63) is 73.2 Å². The molecule has 21 heavy (non-hydrogen) atoms. The van der Waals surface area contributed by atoms with Crippen molar-refractivity contribution in [1.29, 1.82) is 0 Å². The van der Waals surface area contributed by atoms with Gasteiger partial charge in [-0.15, -0.1) is 11.3 Å². The van der Waals surface area contributed by atoms with Gasteiger partial charge < -0.3 is 0 Å². The number of nitrogens with zero attached hydrogens (tertiary/aromatic N) is 2. The Kier molecular flexibility index (Phi) is 2.98. The lowest BCUT2D eigenvalue weighted by Gasteiger charge is -2.00. The predicted molar refractivity (Wildman–Crippen MR) is 88.3 cm³/mol. The quantitative estimate of drug-likeness (QED) is 0.517. The molecular formula is C18H12N2S. The topological polar surface area (TPSA) is 25.8 Å². The van der Waals surface area contributed by atoms with Crippen molar-refractivity contribution < 1.29 is 0 Å². The minimum absolute atomic E-state index is 1.01. The molecule has 0 N–H and O–H groups in total. The van der Waals surface area contributed by atoms with Crippen LogP contribution < -0.4 is 0 Å². The summed E-state index contributed by atoms with van der Waals surface area (Å²) in [6, 6.07) is 18.9. The zero-order chi connectivity index (χ0) is 14.1. The second-order valence-electron chi connectivity index (χ2n) is 4.83. The van der Waals surface area contributed by atoms with Gasteiger partial charge in [0.1, 0.15) is 5.01 Å². The van der Waals surface area contributed by atoms with Crippen LogP contribution in [0.3, 0.4) is 0 Å². The Morgan fingerprint density at radius 1 is 0.762 bits per heavy atom. The number of benzene rings is 2. The minimum Gasteiger partial charge on any atom is -0.264 e. The van der Waals surface area contributed by atoms with Crippen molar-refractivity contribution in [2.45, 2.75) is 0 Å².